The highest BCUT2D eigenvalue weighted by atomic mass is 16.5. The summed E-state index contributed by atoms with van der Waals surface area (Å²) < 4.78 is 6.00. The molecule has 0 saturated heterocycles. The maximum atomic E-state index is 6.00. The first-order valence-corrected chi connectivity index (χ1v) is 8.32. The quantitative estimate of drug-likeness (QED) is 0.878. The molecule has 1 aromatic carbocycles. The van der Waals surface area contributed by atoms with Crippen LogP contribution in [0, 0.1) is 31.6 Å². The average Bonchev–Trinajstić information content (AvgIpc) is 3.19. The Labute approximate surface area is 137 Å². The molecule has 1 saturated carbocycles. The Morgan fingerprint density at radius 2 is 2.22 bits per heavy atom. The van der Waals surface area contributed by atoms with Gasteiger partial charge in [0.05, 0.1) is 12.3 Å². The van der Waals surface area contributed by atoms with Crippen LogP contribution in [0.2, 0.25) is 0 Å². The van der Waals surface area contributed by atoms with E-state index in [1.165, 1.54) is 16.7 Å². The molecule has 2 aliphatic rings. The van der Waals surface area contributed by atoms with Crippen LogP contribution in [0.5, 0.6) is 5.75 Å². The smallest absolute Gasteiger partial charge is 0.122 e. The molecule has 1 fully saturated rings. The number of hydrogen-bond acceptors (Lipinski definition) is 3. The van der Waals surface area contributed by atoms with Gasteiger partial charge in [0.2, 0.25) is 0 Å². The molecule has 23 heavy (non-hydrogen) atoms. The van der Waals surface area contributed by atoms with E-state index in [1.54, 1.807) is 0 Å². The molecule has 0 spiro atoms. The predicted molar refractivity (Wildman–Crippen MR) is 92.3 cm³/mol. The van der Waals surface area contributed by atoms with Crippen LogP contribution in [-0.4, -0.2) is 30.1 Å². The minimum absolute atomic E-state index is 0.505. The molecule has 4 heteroatoms. The van der Waals surface area contributed by atoms with Crippen molar-refractivity contribution in [1.29, 1.82) is 0 Å². The van der Waals surface area contributed by atoms with Crippen molar-refractivity contribution in [2.75, 3.05) is 13.7 Å². The zero-order valence-corrected chi connectivity index (χ0v) is 14.1. The summed E-state index contributed by atoms with van der Waals surface area (Å²) in [5.74, 6) is 3.46. The molecule has 0 radical (unpaired) electrons. The molecule has 120 valence electrons. The number of nitrogens with zero attached hydrogens (tertiary/aromatic N) is 2. The number of rotatable bonds is 3. The van der Waals surface area contributed by atoms with Gasteiger partial charge in [0.25, 0.3) is 0 Å². The number of aromatic nitrogens is 2. The van der Waals surface area contributed by atoms with Gasteiger partial charge in [0.1, 0.15) is 5.75 Å². The van der Waals surface area contributed by atoms with Crippen LogP contribution in [0.4, 0.5) is 0 Å². The van der Waals surface area contributed by atoms with Gasteiger partial charge in [-0.25, -0.2) is 0 Å². The summed E-state index contributed by atoms with van der Waals surface area (Å²) in [5, 5.41) is 7.41. The Morgan fingerprint density at radius 3 is 2.91 bits per heavy atom. The molecule has 4 rings (SSSR count). The van der Waals surface area contributed by atoms with Gasteiger partial charge in [-0.3, -0.25) is 5.10 Å². The van der Waals surface area contributed by atoms with E-state index in [0.29, 0.717) is 23.7 Å². The average molecular weight is 309 g/mol. The zero-order valence-electron chi connectivity index (χ0n) is 14.1. The van der Waals surface area contributed by atoms with Crippen LogP contribution < -0.4 is 4.74 Å². The van der Waals surface area contributed by atoms with E-state index >= 15 is 0 Å². The van der Waals surface area contributed by atoms with Crippen LogP contribution in [-0.2, 0) is 0 Å². The van der Waals surface area contributed by atoms with E-state index in [4.69, 9.17) is 4.74 Å². The first-order chi connectivity index (χ1) is 11.1. The number of benzene rings is 1. The van der Waals surface area contributed by atoms with Gasteiger partial charge >= 0.3 is 0 Å². The van der Waals surface area contributed by atoms with Crippen molar-refractivity contribution in [3.63, 3.8) is 0 Å². The lowest BCUT2D eigenvalue weighted by Gasteiger charge is -2.17. The minimum Gasteiger partial charge on any atom is -0.493 e. The number of hydrogen-bond donors (Lipinski definition) is 1. The third-order valence-electron chi connectivity index (χ3n) is 5.44. The van der Waals surface area contributed by atoms with E-state index in [2.05, 4.69) is 60.4 Å². The maximum absolute atomic E-state index is 6.00. The molecule has 2 aromatic rings. The summed E-state index contributed by atoms with van der Waals surface area (Å²) in [6, 6.07) is 6.59. The highest BCUT2D eigenvalue weighted by molar-refractivity contribution is 5.71. The maximum Gasteiger partial charge on any atom is 0.122 e. The van der Waals surface area contributed by atoms with E-state index in [-0.39, 0.29) is 0 Å². The van der Waals surface area contributed by atoms with E-state index in [0.717, 1.165) is 23.7 Å². The molecule has 0 amide bonds. The molecule has 1 aliphatic heterocycles. The fourth-order valence-corrected chi connectivity index (χ4v) is 4.36. The molecule has 4 atom stereocenters. The Morgan fingerprint density at radius 1 is 1.39 bits per heavy atom. The number of H-pyrrole nitrogens is 1. The van der Waals surface area contributed by atoms with E-state index in [1.807, 2.05) is 7.05 Å². The van der Waals surface area contributed by atoms with E-state index in [9.17, 15) is 0 Å². The molecule has 1 aromatic heterocycles. The highest BCUT2D eigenvalue weighted by Crippen LogP contribution is 2.62. The van der Waals surface area contributed by atoms with Crippen molar-refractivity contribution in [3.05, 3.63) is 35.2 Å². The van der Waals surface area contributed by atoms with Crippen LogP contribution >= 0.6 is 0 Å². The lowest BCUT2D eigenvalue weighted by molar-refractivity contribution is 0.273. The summed E-state index contributed by atoms with van der Waals surface area (Å²) in [6.07, 6.45) is 2.08. The Kier molecular flexibility index (Phi) is 3.29. The first kappa shape index (κ1) is 14.5. The molecule has 1 N–H and O–H groups in total. The lowest BCUT2D eigenvalue weighted by atomic mass is 9.96. The predicted octanol–water partition coefficient (Wildman–Crippen LogP) is 3.75. The largest absolute Gasteiger partial charge is 0.493 e. The Hall–Kier alpha value is -2.10. The van der Waals surface area contributed by atoms with Crippen LogP contribution in [0.15, 0.2) is 23.2 Å². The minimum atomic E-state index is 0.505. The van der Waals surface area contributed by atoms with Gasteiger partial charge in [0, 0.05) is 30.4 Å². The fourth-order valence-electron chi connectivity index (χ4n) is 4.36. The van der Waals surface area contributed by atoms with Gasteiger partial charge in [-0.05, 0) is 54.9 Å². The number of aliphatic imine (C=N–C) groups is 1. The van der Waals surface area contributed by atoms with Gasteiger partial charge < -0.3 is 9.73 Å². The molecule has 4 unspecified atom stereocenters. The third kappa shape index (κ3) is 2.19. The summed E-state index contributed by atoms with van der Waals surface area (Å²) in [5.41, 5.74) is 5.98. The second kappa shape index (κ2) is 5.22. The Balaban J connectivity index is 1.72. The molecular weight excluding hydrogens is 286 g/mol. The molecule has 0 bridgehead atoms. The topological polar surface area (TPSA) is 50.3 Å². The van der Waals surface area contributed by atoms with Crippen molar-refractivity contribution in [2.24, 2.45) is 22.7 Å². The summed E-state index contributed by atoms with van der Waals surface area (Å²) >= 11 is 0. The van der Waals surface area contributed by atoms with Crippen molar-refractivity contribution in [1.82, 2.24) is 10.2 Å². The number of nitrogens with one attached hydrogen (secondary N) is 1. The van der Waals surface area contributed by atoms with Gasteiger partial charge in [-0.15, -0.1) is 0 Å². The van der Waals surface area contributed by atoms with Crippen LogP contribution in [0.25, 0.3) is 11.1 Å². The lowest BCUT2D eigenvalue weighted by Crippen LogP contribution is -2.09. The first-order valence-electron chi connectivity index (χ1n) is 8.32. The van der Waals surface area contributed by atoms with Gasteiger partial charge in [0.15, 0.2) is 0 Å². The zero-order chi connectivity index (χ0) is 16.1. The van der Waals surface area contributed by atoms with Gasteiger partial charge in [-0.2, -0.15) is 5.10 Å². The van der Waals surface area contributed by atoms with Gasteiger partial charge in [-0.1, -0.05) is 13.0 Å². The SMILES string of the molecule is CN=CC(C)C1C2COc3ccc(-c4c(C)n[nH]c4C)cc3C21. The second-order valence-corrected chi connectivity index (χ2v) is 6.91. The highest BCUT2D eigenvalue weighted by Gasteiger charge is 2.56. The second-order valence-electron chi connectivity index (χ2n) is 6.91. The molecule has 2 heterocycles. The Bertz CT molecular complexity index is 757. The number of fused-ring (bicyclic) bond motifs is 3. The molecule has 1 aliphatic carbocycles. The van der Waals surface area contributed by atoms with Crippen LogP contribution in [0.3, 0.4) is 0 Å². The van der Waals surface area contributed by atoms with Crippen molar-refractivity contribution >= 4 is 6.21 Å². The summed E-state index contributed by atoms with van der Waals surface area (Å²) in [7, 11) is 1.86. The summed E-state index contributed by atoms with van der Waals surface area (Å²) in [6.45, 7) is 7.24. The number of ether oxygens (including phenoxy) is 1. The normalized spacial score (nSPS) is 26.5. The fraction of sp³-hybridized carbons (Fsp3) is 0.474. The van der Waals surface area contributed by atoms with Crippen LogP contribution in [0.1, 0.15) is 29.8 Å². The summed E-state index contributed by atoms with van der Waals surface area (Å²) in [4.78, 5) is 4.21. The van der Waals surface area contributed by atoms with Crippen molar-refractivity contribution in [2.45, 2.75) is 26.7 Å². The van der Waals surface area contributed by atoms with Crippen molar-refractivity contribution in [3.8, 4) is 16.9 Å². The number of aromatic amines is 1. The number of aryl methyl sites for hydroxylation is 2. The third-order valence-corrected chi connectivity index (χ3v) is 5.44. The standard InChI is InChI=1S/C19H23N3O/c1-10(8-20-4)17-15-9-23-16-6-5-13(7-14(16)19(15)17)18-11(2)21-22-12(18)3/h5-8,10,15,17,19H,9H2,1-4H3,(H,21,22). The van der Waals surface area contributed by atoms with E-state index < -0.39 is 0 Å². The van der Waals surface area contributed by atoms with Crippen molar-refractivity contribution < 1.29 is 4.74 Å². The molecular formula is C19H23N3O. The monoisotopic (exact) mass is 309 g/mol. The molecule has 4 nitrogen and oxygen atoms in total.